The molecule has 106 valence electrons. The molecule has 0 spiro atoms. The summed E-state index contributed by atoms with van der Waals surface area (Å²) in [6, 6.07) is 11.0. The van der Waals surface area contributed by atoms with Gasteiger partial charge in [0.15, 0.2) is 0 Å². The molecule has 0 aliphatic heterocycles. The molecule has 0 N–H and O–H groups in total. The van der Waals surface area contributed by atoms with Gasteiger partial charge in [0.2, 0.25) is 11.7 Å². The first kappa shape index (κ1) is 14.3. The van der Waals surface area contributed by atoms with Crippen LogP contribution in [0.4, 0.5) is 0 Å². The largest absolute Gasteiger partial charge is 0.337 e. The molecule has 1 unspecified atom stereocenters. The third-order valence-corrected chi connectivity index (χ3v) is 3.70. The maximum atomic E-state index is 6.33. The number of rotatable bonds is 3. The van der Waals surface area contributed by atoms with E-state index in [-0.39, 0.29) is 11.7 Å². The second-order valence-electron chi connectivity index (χ2n) is 4.21. The zero-order chi connectivity index (χ0) is 14.8. The molecule has 1 atom stereocenters. The number of hydrogen-bond donors (Lipinski definition) is 0. The van der Waals surface area contributed by atoms with Gasteiger partial charge >= 0.3 is 0 Å². The van der Waals surface area contributed by atoms with E-state index in [9.17, 15) is 0 Å². The molecular weight excluding hydrogens is 333 g/mol. The number of alkyl halides is 1. The molecule has 4 nitrogen and oxygen atoms in total. The number of pyridine rings is 1. The van der Waals surface area contributed by atoms with E-state index in [2.05, 4.69) is 15.1 Å². The molecule has 0 aliphatic carbocycles. The second kappa shape index (κ2) is 6.02. The summed E-state index contributed by atoms with van der Waals surface area (Å²) >= 11 is 18.2. The van der Waals surface area contributed by atoms with Gasteiger partial charge in [-0.3, -0.25) is 0 Å². The minimum absolute atomic E-state index is 0.272. The molecule has 1 aromatic carbocycles. The second-order valence-corrected chi connectivity index (χ2v) is 5.49. The monoisotopic (exact) mass is 339 g/mol. The van der Waals surface area contributed by atoms with Crippen molar-refractivity contribution in [3.8, 4) is 11.5 Å². The average Bonchev–Trinajstić information content (AvgIpc) is 2.97. The van der Waals surface area contributed by atoms with Crippen molar-refractivity contribution in [2.75, 3.05) is 0 Å². The molecule has 2 heterocycles. The molecule has 2 aromatic heterocycles. The highest BCUT2D eigenvalue weighted by molar-refractivity contribution is 6.35. The molecular formula is C14H8Cl3N3O. The Labute approximate surface area is 135 Å². The summed E-state index contributed by atoms with van der Waals surface area (Å²) in [4.78, 5) is 8.35. The van der Waals surface area contributed by atoms with Crippen molar-refractivity contribution in [2.45, 2.75) is 5.38 Å². The molecule has 0 amide bonds. The van der Waals surface area contributed by atoms with Crippen LogP contribution < -0.4 is 0 Å². The Balaban J connectivity index is 1.93. The zero-order valence-corrected chi connectivity index (χ0v) is 12.8. The van der Waals surface area contributed by atoms with Crippen molar-refractivity contribution >= 4 is 34.8 Å². The van der Waals surface area contributed by atoms with Crippen LogP contribution in [0.25, 0.3) is 11.5 Å². The summed E-state index contributed by atoms with van der Waals surface area (Å²) < 4.78 is 5.20. The van der Waals surface area contributed by atoms with E-state index in [0.29, 0.717) is 15.7 Å². The molecule has 0 saturated heterocycles. The van der Waals surface area contributed by atoms with Crippen molar-refractivity contribution in [2.24, 2.45) is 0 Å². The minimum atomic E-state index is -0.529. The molecule has 0 radical (unpaired) electrons. The fourth-order valence-corrected chi connectivity index (χ4v) is 2.48. The first-order valence-corrected chi connectivity index (χ1v) is 7.18. The summed E-state index contributed by atoms with van der Waals surface area (Å²) in [6.07, 6.45) is 1.47. The molecule has 0 fully saturated rings. The van der Waals surface area contributed by atoms with E-state index in [1.807, 2.05) is 30.3 Å². The summed E-state index contributed by atoms with van der Waals surface area (Å²) in [7, 11) is 0. The Morgan fingerprint density at radius 2 is 1.86 bits per heavy atom. The van der Waals surface area contributed by atoms with Crippen LogP contribution in [0.3, 0.4) is 0 Å². The number of hydrogen-bond acceptors (Lipinski definition) is 4. The lowest BCUT2D eigenvalue weighted by Crippen LogP contribution is -1.93. The number of halogens is 3. The molecule has 7 heteroatoms. The molecule has 21 heavy (non-hydrogen) atoms. The van der Waals surface area contributed by atoms with Crippen molar-refractivity contribution < 1.29 is 4.52 Å². The van der Waals surface area contributed by atoms with Crippen LogP contribution in [0.2, 0.25) is 10.0 Å². The number of aromatic nitrogens is 3. The topological polar surface area (TPSA) is 51.8 Å². The zero-order valence-electron chi connectivity index (χ0n) is 10.5. The van der Waals surface area contributed by atoms with Gasteiger partial charge in [-0.25, -0.2) is 4.98 Å². The molecule has 3 rings (SSSR count). The first-order chi connectivity index (χ1) is 10.1. The van der Waals surface area contributed by atoms with E-state index in [0.717, 1.165) is 5.56 Å². The standard InChI is InChI=1S/C14H8Cl3N3O/c15-9-6-10(16)12(18-7-9)13-19-14(21-20-13)11(17)8-4-2-1-3-5-8/h1-7,11H. The van der Waals surface area contributed by atoms with E-state index in [1.54, 1.807) is 6.07 Å². The summed E-state index contributed by atoms with van der Waals surface area (Å²) in [6.45, 7) is 0. The summed E-state index contributed by atoms with van der Waals surface area (Å²) in [5, 5.41) is 4.12. The Morgan fingerprint density at radius 1 is 1.10 bits per heavy atom. The van der Waals surface area contributed by atoms with Gasteiger partial charge in [-0.1, -0.05) is 58.7 Å². The van der Waals surface area contributed by atoms with Crippen molar-refractivity contribution in [3.63, 3.8) is 0 Å². The Hall–Kier alpha value is -1.62. The maximum Gasteiger partial charge on any atom is 0.249 e. The Bertz CT molecular complexity index is 761. The average molecular weight is 341 g/mol. The SMILES string of the molecule is Clc1cnc(-c2noc(C(Cl)c3ccccc3)n2)c(Cl)c1. The van der Waals surface area contributed by atoms with E-state index in [1.165, 1.54) is 6.20 Å². The highest BCUT2D eigenvalue weighted by atomic mass is 35.5. The third kappa shape index (κ3) is 3.02. The lowest BCUT2D eigenvalue weighted by atomic mass is 10.1. The summed E-state index contributed by atoms with van der Waals surface area (Å²) in [5.41, 5.74) is 1.26. The highest BCUT2D eigenvalue weighted by Gasteiger charge is 2.20. The quantitative estimate of drug-likeness (QED) is 0.645. The van der Waals surface area contributed by atoms with Gasteiger partial charge in [0, 0.05) is 6.20 Å². The Morgan fingerprint density at radius 3 is 2.57 bits per heavy atom. The predicted molar refractivity (Wildman–Crippen MR) is 81.7 cm³/mol. The Kier molecular flexibility index (Phi) is 4.10. The smallest absolute Gasteiger partial charge is 0.249 e. The lowest BCUT2D eigenvalue weighted by molar-refractivity contribution is 0.383. The van der Waals surface area contributed by atoms with Crippen LogP contribution >= 0.6 is 34.8 Å². The molecule has 3 aromatic rings. The fourth-order valence-electron chi connectivity index (χ4n) is 1.78. The lowest BCUT2D eigenvalue weighted by Gasteiger charge is -2.03. The van der Waals surface area contributed by atoms with Gasteiger partial charge in [-0.05, 0) is 11.6 Å². The van der Waals surface area contributed by atoms with Crippen molar-refractivity contribution in [3.05, 3.63) is 64.1 Å². The van der Waals surface area contributed by atoms with Crippen LogP contribution in [0.5, 0.6) is 0 Å². The normalized spacial score (nSPS) is 12.3. The van der Waals surface area contributed by atoms with Gasteiger partial charge < -0.3 is 4.52 Å². The molecule has 0 bridgehead atoms. The van der Waals surface area contributed by atoms with Crippen LogP contribution in [-0.2, 0) is 0 Å². The molecule has 0 saturated carbocycles. The van der Waals surface area contributed by atoms with Crippen LogP contribution in [0.1, 0.15) is 16.8 Å². The van der Waals surface area contributed by atoms with Gasteiger partial charge in [0.1, 0.15) is 11.1 Å². The summed E-state index contributed by atoms with van der Waals surface area (Å²) in [5.74, 6) is 0.555. The van der Waals surface area contributed by atoms with Gasteiger partial charge in [0.05, 0.1) is 10.0 Å². The predicted octanol–water partition coefficient (Wildman–Crippen LogP) is 4.77. The molecule has 0 aliphatic rings. The van der Waals surface area contributed by atoms with Crippen molar-refractivity contribution in [1.82, 2.24) is 15.1 Å². The highest BCUT2D eigenvalue weighted by Crippen LogP contribution is 2.30. The fraction of sp³-hybridized carbons (Fsp3) is 0.0714. The third-order valence-electron chi connectivity index (χ3n) is 2.77. The van der Waals surface area contributed by atoms with E-state index in [4.69, 9.17) is 39.3 Å². The van der Waals surface area contributed by atoms with E-state index < -0.39 is 5.38 Å². The number of nitrogens with zero attached hydrogens (tertiary/aromatic N) is 3. The van der Waals surface area contributed by atoms with E-state index >= 15 is 0 Å². The van der Waals surface area contributed by atoms with Crippen molar-refractivity contribution in [1.29, 1.82) is 0 Å². The van der Waals surface area contributed by atoms with Crippen LogP contribution in [0.15, 0.2) is 47.1 Å². The van der Waals surface area contributed by atoms with Crippen LogP contribution in [0, 0.1) is 0 Å². The maximum absolute atomic E-state index is 6.33. The van der Waals surface area contributed by atoms with Gasteiger partial charge in [0.25, 0.3) is 0 Å². The number of benzene rings is 1. The minimum Gasteiger partial charge on any atom is -0.337 e. The van der Waals surface area contributed by atoms with Gasteiger partial charge in [-0.15, -0.1) is 11.6 Å². The van der Waals surface area contributed by atoms with Gasteiger partial charge in [-0.2, -0.15) is 4.98 Å². The van der Waals surface area contributed by atoms with Crippen LogP contribution in [-0.4, -0.2) is 15.1 Å². The first-order valence-electron chi connectivity index (χ1n) is 5.99.